The van der Waals surface area contributed by atoms with Crippen LogP contribution in [0.1, 0.15) is 43.2 Å². The minimum Gasteiger partial charge on any atom is -0.247 e. The molecular formula is C21H27NO6S3. The van der Waals surface area contributed by atoms with Gasteiger partial charge in [0.1, 0.15) is 0 Å². The van der Waals surface area contributed by atoms with Crippen LogP contribution in [-0.2, 0) is 31.9 Å². The van der Waals surface area contributed by atoms with E-state index in [4.69, 9.17) is 8.96 Å². The standard InChI is InChI=1S/C21H27NO6S3/c1-16-8-12-19(13-9-16)30(24,25)28-21(18-6-4-3-5-7-18)29(22,23)31(26,27)20-14-10-17(2)11-15-20/h8-15,18,21-22H,3-7H2,1-2H3. The topological polar surface area (TPSA) is 118 Å². The van der Waals surface area contributed by atoms with Crippen LogP contribution in [0.5, 0.6) is 0 Å². The Morgan fingerprint density at radius 1 is 0.774 bits per heavy atom. The van der Waals surface area contributed by atoms with Crippen LogP contribution in [0.3, 0.4) is 0 Å². The van der Waals surface area contributed by atoms with Gasteiger partial charge in [-0.15, -0.1) is 0 Å². The van der Waals surface area contributed by atoms with Crippen molar-refractivity contribution < 1.29 is 25.2 Å². The van der Waals surface area contributed by atoms with Crippen molar-refractivity contribution in [2.45, 2.75) is 61.2 Å². The zero-order valence-electron chi connectivity index (χ0n) is 17.5. The van der Waals surface area contributed by atoms with Gasteiger partial charge in [-0.2, -0.15) is 8.42 Å². The first kappa shape index (κ1) is 23.9. The molecular weight excluding hydrogens is 458 g/mol. The summed E-state index contributed by atoms with van der Waals surface area (Å²) in [5.41, 5.74) is -0.142. The minimum absolute atomic E-state index is 0.165. The number of nitrogens with one attached hydrogen (secondary N) is 1. The van der Waals surface area contributed by atoms with Gasteiger partial charge in [-0.1, -0.05) is 54.7 Å². The predicted molar refractivity (Wildman–Crippen MR) is 119 cm³/mol. The number of hydrogen-bond donors (Lipinski definition) is 1. The summed E-state index contributed by atoms with van der Waals surface area (Å²) in [5, 5.41) is 0. The Morgan fingerprint density at radius 2 is 1.23 bits per heavy atom. The molecule has 3 rings (SSSR count). The molecule has 2 aromatic rings. The molecule has 7 nitrogen and oxygen atoms in total. The normalized spacial score (nSPS) is 18.9. The summed E-state index contributed by atoms with van der Waals surface area (Å²) in [4.78, 5) is -0.447. The van der Waals surface area contributed by atoms with Crippen molar-refractivity contribution in [1.29, 1.82) is 4.78 Å². The lowest BCUT2D eigenvalue weighted by Gasteiger charge is -2.30. The summed E-state index contributed by atoms with van der Waals surface area (Å²) in [5.74, 6) is -0.612. The van der Waals surface area contributed by atoms with Crippen LogP contribution in [0.15, 0.2) is 58.3 Å². The van der Waals surface area contributed by atoms with E-state index in [0.29, 0.717) is 12.8 Å². The fraction of sp³-hybridized carbons (Fsp3) is 0.429. The molecule has 31 heavy (non-hydrogen) atoms. The third-order valence-electron chi connectivity index (χ3n) is 5.51. The number of hydrogen-bond acceptors (Lipinski definition) is 7. The Labute approximate surface area is 184 Å². The molecule has 2 unspecified atom stereocenters. The zero-order valence-corrected chi connectivity index (χ0v) is 19.9. The molecule has 0 spiro atoms. The molecule has 1 fully saturated rings. The summed E-state index contributed by atoms with van der Waals surface area (Å²) in [7, 11) is -13.6. The zero-order chi connectivity index (χ0) is 22.9. The second kappa shape index (κ2) is 9.01. The van der Waals surface area contributed by atoms with E-state index >= 15 is 0 Å². The monoisotopic (exact) mass is 485 g/mol. The Kier molecular flexibility index (Phi) is 6.95. The average molecular weight is 486 g/mol. The Bertz CT molecular complexity index is 1230. The highest BCUT2D eigenvalue weighted by atomic mass is 33.2. The summed E-state index contributed by atoms with van der Waals surface area (Å²) >= 11 is 0. The maximum absolute atomic E-state index is 13.5. The van der Waals surface area contributed by atoms with Crippen LogP contribution in [0.25, 0.3) is 0 Å². The van der Waals surface area contributed by atoms with E-state index in [1.807, 2.05) is 0 Å². The first-order valence-electron chi connectivity index (χ1n) is 10.0. The Hall–Kier alpha value is -1.75. The van der Waals surface area contributed by atoms with Crippen molar-refractivity contribution in [3.05, 3.63) is 59.7 Å². The molecule has 10 heteroatoms. The van der Waals surface area contributed by atoms with Crippen LogP contribution < -0.4 is 0 Å². The van der Waals surface area contributed by atoms with Crippen LogP contribution in [0.4, 0.5) is 0 Å². The molecule has 2 aromatic carbocycles. The van der Waals surface area contributed by atoms with E-state index in [9.17, 15) is 21.0 Å². The molecule has 1 aliphatic rings. The van der Waals surface area contributed by atoms with Gasteiger partial charge in [0.25, 0.3) is 19.0 Å². The molecule has 1 aliphatic carbocycles. The molecule has 0 bridgehead atoms. The van der Waals surface area contributed by atoms with E-state index in [0.717, 1.165) is 30.4 Å². The summed E-state index contributed by atoms with van der Waals surface area (Å²) in [6, 6.07) is 11.5. The third-order valence-corrected chi connectivity index (χ3v) is 12.6. The highest BCUT2D eigenvalue weighted by molar-refractivity contribution is 8.67. The fourth-order valence-corrected chi connectivity index (χ4v) is 9.84. The lowest BCUT2D eigenvalue weighted by molar-refractivity contribution is 0.180. The van der Waals surface area contributed by atoms with Gasteiger partial charge >= 0.3 is 0 Å². The SMILES string of the molecule is Cc1ccc(S(=O)(=O)OC(C2CCCCC2)S(=N)(=O)S(=O)(=O)c2ccc(C)cc2)cc1. The number of rotatable bonds is 7. The van der Waals surface area contributed by atoms with E-state index in [2.05, 4.69) is 0 Å². The lowest BCUT2D eigenvalue weighted by Crippen LogP contribution is -2.38. The maximum Gasteiger partial charge on any atom is 0.298 e. The van der Waals surface area contributed by atoms with Gasteiger partial charge in [0.15, 0.2) is 14.2 Å². The molecule has 2 atom stereocenters. The summed E-state index contributed by atoms with van der Waals surface area (Å²) in [6.45, 7) is 3.57. The van der Waals surface area contributed by atoms with E-state index < -0.39 is 39.1 Å². The van der Waals surface area contributed by atoms with Crippen molar-refractivity contribution >= 4 is 27.7 Å². The smallest absolute Gasteiger partial charge is 0.247 e. The Morgan fingerprint density at radius 3 is 1.71 bits per heavy atom. The van der Waals surface area contributed by atoms with Crippen molar-refractivity contribution in [1.82, 2.24) is 0 Å². The van der Waals surface area contributed by atoms with Crippen LogP contribution in [-0.4, -0.2) is 26.5 Å². The van der Waals surface area contributed by atoms with Crippen LogP contribution >= 0.6 is 0 Å². The summed E-state index contributed by atoms with van der Waals surface area (Å²) in [6.07, 6.45) is 3.28. The second-order valence-corrected chi connectivity index (χ2v) is 15.3. The largest absolute Gasteiger partial charge is 0.298 e. The molecule has 1 N–H and O–H groups in total. The van der Waals surface area contributed by atoms with Crippen LogP contribution in [0.2, 0.25) is 0 Å². The van der Waals surface area contributed by atoms with Gasteiger partial charge in [-0.3, -0.25) is 0 Å². The molecule has 0 radical (unpaired) electrons. The maximum atomic E-state index is 13.5. The molecule has 0 amide bonds. The molecule has 0 saturated heterocycles. The van der Waals surface area contributed by atoms with E-state index in [1.54, 1.807) is 38.1 Å². The minimum atomic E-state index is -4.66. The number of aryl methyl sites for hydroxylation is 2. The molecule has 0 heterocycles. The molecule has 1 saturated carbocycles. The van der Waals surface area contributed by atoms with Gasteiger partial charge in [-0.05, 0) is 51.0 Å². The van der Waals surface area contributed by atoms with Gasteiger partial charge in [0.05, 0.1) is 9.79 Å². The fourth-order valence-electron chi connectivity index (χ4n) is 3.65. The number of benzene rings is 2. The molecule has 0 aliphatic heterocycles. The first-order valence-corrected chi connectivity index (χ1v) is 15.1. The van der Waals surface area contributed by atoms with Crippen molar-refractivity contribution in [2.75, 3.05) is 0 Å². The van der Waals surface area contributed by atoms with Gasteiger partial charge in [0.2, 0.25) is 0 Å². The third kappa shape index (κ3) is 5.02. The first-order chi connectivity index (χ1) is 14.4. The van der Waals surface area contributed by atoms with Crippen molar-refractivity contribution in [3.63, 3.8) is 0 Å². The van der Waals surface area contributed by atoms with Gasteiger partial charge in [-0.25, -0.2) is 21.6 Å². The molecule has 170 valence electrons. The highest BCUT2D eigenvalue weighted by Gasteiger charge is 2.44. The Balaban J connectivity index is 2.06. The van der Waals surface area contributed by atoms with E-state index in [-0.39, 0.29) is 9.79 Å². The second-order valence-electron chi connectivity index (χ2n) is 7.94. The lowest BCUT2D eigenvalue weighted by atomic mass is 9.90. The average Bonchev–Trinajstić information content (AvgIpc) is 2.73. The van der Waals surface area contributed by atoms with Gasteiger partial charge < -0.3 is 0 Å². The van der Waals surface area contributed by atoms with Crippen molar-refractivity contribution in [2.24, 2.45) is 5.92 Å². The highest BCUT2D eigenvalue weighted by Crippen LogP contribution is 2.36. The molecule has 0 aromatic heterocycles. The van der Waals surface area contributed by atoms with E-state index in [1.165, 1.54) is 24.3 Å². The summed E-state index contributed by atoms with van der Waals surface area (Å²) < 4.78 is 79.5. The van der Waals surface area contributed by atoms with Crippen LogP contribution in [0, 0.1) is 24.5 Å². The quantitative estimate of drug-likeness (QED) is 0.460. The van der Waals surface area contributed by atoms with Crippen molar-refractivity contribution in [3.8, 4) is 0 Å². The predicted octanol–water partition coefficient (Wildman–Crippen LogP) is 4.35. The van der Waals surface area contributed by atoms with Gasteiger partial charge in [0, 0.05) is 5.92 Å².